The number of aliphatic hydroxyl groups excluding tert-OH is 1. The van der Waals surface area contributed by atoms with Gasteiger partial charge < -0.3 is 46.5 Å². The first-order valence-corrected chi connectivity index (χ1v) is 17.3. The number of amides is 5. The van der Waals surface area contributed by atoms with E-state index in [2.05, 4.69) is 31.9 Å². The van der Waals surface area contributed by atoms with Gasteiger partial charge in [0.25, 0.3) is 0 Å². The van der Waals surface area contributed by atoms with Gasteiger partial charge in [-0.25, -0.2) is 9.59 Å². The van der Waals surface area contributed by atoms with Crippen LogP contribution in [0.5, 0.6) is 0 Å². The molecule has 0 saturated heterocycles. The third kappa shape index (κ3) is 15.1. The number of aliphatic hydroxyl groups is 1. The highest BCUT2D eigenvalue weighted by atomic mass is 16.5. The first kappa shape index (κ1) is 43.1. The Labute approximate surface area is 305 Å². The standard InChI is InChI=1S/C37H54N6O9/c1-22(2)31(35(48)43-32(23(3)4)36(49)51-7)42-30(45)20-38-19-29(44)28(18-26-14-10-8-11-15-26)41-34(47)24(5)39-33(46)25(6)40-37(50)52-21-27-16-12-9-13-17-27/h8-17,22-25,28-29,31-32,38,44H,18-21H2,1-7H3,(H,39,46)(H,40,50)(H,41,47)(H,42,45)(H,43,48)/t24-,25-,28-,29-,31-,32-/m0/s1. The Balaban J connectivity index is 1.95. The van der Waals surface area contributed by atoms with E-state index in [0.717, 1.165) is 11.1 Å². The summed E-state index contributed by atoms with van der Waals surface area (Å²) >= 11 is 0. The van der Waals surface area contributed by atoms with Crippen LogP contribution in [0.15, 0.2) is 60.7 Å². The molecule has 15 heteroatoms. The Hall–Kier alpha value is -5.02. The van der Waals surface area contributed by atoms with Gasteiger partial charge in [0.05, 0.1) is 25.8 Å². The van der Waals surface area contributed by atoms with Gasteiger partial charge >= 0.3 is 12.1 Å². The zero-order valence-electron chi connectivity index (χ0n) is 30.9. The topological polar surface area (TPSA) is 213 Å². The number of benzene rings is 2. The van der Waals surface area contributed by atoms with Crippen molar-refractivity contribution in [1.82, 2.24) is 31.9 Å². The van der Waals surface area contributed by atoms with Gasteiger partial charge in [-0.2, -0.15) is 0 Å². The van der Waals surface area contributed by atoms with Gasteiger partial charge in [0, 0.05) is 6.54 Å². The first-order chi connectivity index (χ1) is 24.6. The van der Waals surface area contributed by atoms with Gasteiger partial charge in [-0.05, 0) is 43.2 Å². The average molecular weight is 727 g/mol. The summed E-state index contributed by atoms with van der Waals surface area (Å²) < 4.78 is 9.94. The number of ether oxygens (including phenoxy) is 2. The minimum Gasteiger partial charge on any atom is -0.467 e. The van der Waals surface area contributed by atoms with Crippen molar-refractivity contribution in [2.75, 3.05) is 20.2 Å². The van der Waals surface area contributed by atoms with E-state index in [1.54, 1.807) is 39.8 Å². The van der Waals surface area contributed by atoms with E-state index in [9.17, 15) is 33.9 Å². The molecule has 0 spiro atoms. The maximum Gasteiger partial charge on any atom is 0.408 e. The molecule has 52 heavy (non-hydrogen) atoms. The predicted molar refractivity (Wildman–Crippen MR) is 193 cm³/mol. The molecule has 15 nitrogen and oxygen atoms in total. The Morgan fingerprint density at radius 1 is 0.654 bits per heavy atom. The van der Waals surface area contributed by atoms with E-state index < -0.39 is 72.0 Å². The summed E-state index contributed by atoms with van der Waals surface area (Å²) in [7, 11) is 1.23. The number of alkyl carbamates (subject to hydrolysis) is 1. The van der Waals surface area contributed by atoms with Crippen LogP contribution < -0.4 is 31.9 Å². The monoisotopic (exact) mass is 726 g/mol. The minimum atomic E-state index is -1.17. The summed E-state index contributed by atoms with van der Waals surface area (Å²) in [5.41, 5.74) is 1.61. The maximum atomic E-state index is 13.2. The molecule has 0 aromatic heterocycles. The lowest BCUT2D eigenvalue weighted by Crippen LogP contribution is -2.57. The van der Waals surface area contributed by atoms with Crippen LogP contribution >= 0.6 is 0 Å². The number of hydrogen-bond acceptors (Lipinski definition) is 10. The second-order valence-corrected chi connectivity index (χ2v) is 13.2. The van der Waals surface area contributed by atoms with Gasteiger partial charge in [-0.1, -0.05) is 88.4 Å². The van der Waals surface area contributed by atoms with Crippen molar-refractivity contribution in [2.24, 2.45) is 11.8 Å². The van der Waals surface area contributed by atoms with Crippen LogP contribution in [0.4, 0.5) is 4.79 Å². The summed E-state index contributed by atoms with van der Waals surface area (Å²) in [6.07, 6.45) is -1.73. The molecule has 0 aliphatic rings. The lowest BCUT2D eigenvalue weighted by atomic mass is 10.00. The summed E-state index contributed by atoms with van der Waals surface area (Å²) in [6, 6.07) is 13.5. The maximum absolute atomic E-state index is 13.2. The van der Waals surface area contributed by atoms with Crippen molar-refractivity contribution in [3.05, 3.63) is 71.8 Å². The lowest BCUT2D eigenvalue weighted by molar-refractivity contribution is -0.146. The Morgan fingerprint density at radius 3 is 1.75 bits per heavy atom. The third-order valence-corrected chi connectivity index (χ3v) is 8.11. The van der Waals surface area contributed by atoms with Gasteiger partial charge in [0.15, 0.2) is 0 Å². The van der Waals surface area contributed by atoms with Crippen molar-refractivity contribution < 1.29 is 43.3 Å². The highest BCUT2D eigenvalue weighted by Crippen LogP contribution is 2.09. The largest absolute Gasteiger partial charge is 0.467 e. The fraction of sp³-hybridized carbons (Fsp3) is 0.514. The Morgan fingerprint density at radius 2 is 1.19 bits per heavy atom. The normalized spacial score (nSPS) is 14.5. The van der Waals surface area contributed by atoms with Gasteiger partial charge in [-0.3, -0.25) is 19.2 Å². The molecule has 2 aromatic carbocycles. The van der Waals surface area contributed by atoms with Crippen LogP contribution in [-0.4, -0.2) is 97.3 Å². The van der Waals surface area contributed by atoms with Crippen LogP contribution in [-0.2, 0) is 46.5 Å². The molecule has 2 rings (SSSR count). The summed E-state index contributed by atoms with van der Waals surface area (Å²) in [4.78, 5) is 76.1. The second-order valence-electron chi connectivity index (χ2n) is 13.2. The molecule has 0 aliphatic carbocycles. The van der Waals surface area contributed by atoms with Crippen LogP contribution in [0.25, 0.3) is 0 Å². The average Bonchev–Trinajstić information content (AvgIpc) is 3.11. The number of rotatable bonds is 20. The molecule has 0 unspecified atom stereocenters. The Bertz CT molecular complexity index is 1460. The van der Waals surface area contributed by atoms with Crippen LogP contribution in [0.3, 0.4) is 0 Å². The smallest absolute Gasteiger partial charge is 0.408 e. The Kier molecular flexibility index (Phi) is 18.3. The van der Waals surface area contributed by atoms with E-state index >= 15 is 0 Å². The molecule has 0 radical (unpaired) electrons. The predicted octanol–water partition coefficient (Wildman–Crippen LogP) is 0.939. The van der Waals surface area contributed by atoms with E-state index in [1.165, 1.54) is 21.0 Å². The van der Waals surface area contributed by atoms with Crippen molar-refractivity contribution in [3.8, 4) is 0 Å². The molecule has 2 aromatic rings. The molecule has 5 amide bonds. The van der Waals surface area contributed by atoms with Crippen LogP contribution in [0, 0.1) is 11.8 Å². The zero-order chi connectivity index (χ0) is 38.8. The zero-order valence-corrected chi connectivity index (χ0v) is 30.9. The van der Waals surface area contributed by atoms with Crippen molar-refractivity contribution in [1.29, 1.82) is 0 Å². The minimum absolute atomic E-state index is 0.0252. The third-order valence-electron chi connectivity index (χ3n) is 8.11. The van der Waals surface area contributed by atoms with Crippen LogP contribution in [0.1, 0.15) is 52.7 Å². The quantitative estimate of drug-likeness (QED) is 0.0960. The number of methoxy groups -OCH3 is 1. The van der Waals surface area contributed by atoms with E-state index in [0.29, 0.717) is 0 Å². The van der Waals surface area contributed by atoms with Gasteiger partial charge in [0.2, 0.25) is 23.6 Å². The number of carbonyl (C=O) groups excluding carboxylic acids is 6. The van der Waals surface area contributed by atoms with Crippen LogP contribution in [0.2, 0.25) is 0 Å². The summed E-state index contributed by atoms with van der Waals surface area (Å²) in [5.74, 6) is -3.40. The molecule has 286 valence electrons. The molecule has 0 aliphatic heterocycles. The van der Waals surface area contributed by atoms with Crippen molar-refractivity contribution in [3.63, 3.8) is 0 Å². The molecule has 0 bridgehead atoms. The lowest BCUT2D eigenvalue weighted by Gasteiger charge is -2.27. The van der Waals surface area contributed by atoms with E-state index in [1.807, 2.05) is 48.5 Å². The summed E-state index contributed by atoms with van der Waals surface area (Å²) in [6.45, 7) is 9.62. The van der Waals surface area contributed by atoms with Gasteiger partial charge in [0.1, 0.15) is 30.8 Å². The number of hydrogen-bond donors (Lipinski definition) is 7. The van der Waals surface area contributed by atoms with E-state index in [-0.39, 0.29) is 38.0 Å². The first-order valence-electron chi connectivity index (χ1n) is 17.3. The highest BCUT2D eigenvalue weighted by molar-refractivity contribution is 5.92. The van der Waals surface area contributed by atoms with Gasteiger partial charge in [-0.15, -0.1) is 0 Å². The molecule has 7 N–H and O–H groups in total. The van der Waals surface area contributed by atoms with Crippen molar-refractivity contribution in [2.45, 2.75) is 90.9 Å². The fourth-order valence-electron chi connectivity index (χ4n) is 4.97. The molecular formula is C37H54N6O9. The molecule has 6 atom stereocenters. The van der Waals surface area contributed by atoms with E-state index in [4.69, 9.17) is 9.47 Å². The SMILES string of the molecule is COC(=O)[C@@H](NC(=O)[C@@H](NC(=O)CNC[C@H](O)[C@H](Cc1ccccc1)NC(=O)[C@H](C)NC(=O)[C@H](C)NC(=O)OCc1ccccc1)C(C)C)C(C)C. The molecule has 0 fully saturated rings. The second kappa shape index (κ2) is 22.0. The fourth-order valence-corrected chi connectivity index (χ4v) is 4.97. The van der Waals surface area contributed by atoms with Crippen molar-refractivity contribution >= 4 is 35.7 Å². The molecular weight excluding hydrogens is 672 g/mol. The highest BCUT2D eigenvalue weighted by Gasteiger charge is 2.31. The summed E-state index contributed by atoms with van der Waals surface area (Å²) in [5, 5.41) is 27.1. The number of esters is 1. The molecule has 0 saturated carbocycles. The molecule has 0 heterocycles. The number of carbonyl (C=O) groups is 6. The number of nitrogens with one attached hydrogen (secondary N) is 6.